The summed E-state index contributed by atoms with van der Waals surface area (Å²) in [5.41, 5.74) is 3.87. The van der Waals surface area contributed by atoms with Crippen LogP contribution in [0.1, 0.15) is 23.6 Å². The van der Waals surface area contributed by atoms with Crippen LogP contribution in [0.15, 0.2) is 48.5 Å². The molecule has 1 aliphatic heterocycles. The largest absolute Gasteiger partial charge is 0.497 e. The minimum absolute atomic E-state index is 0.170. The summed E-state index contributed by atoms with van der Waals surface area (Å²) in [6, 6.07) is 16.9. The molecule has 0 saturated carbocycles. The Morgan fingerprint density at radius 2 is 1.87 bits per heavy atom. The molecule has 1 amide bonds. The molecule has 2 aromatic carbocycles. The molecule has 156 valence electrons. The summed E-state index contributed by atoms with van der Waals surface area (Å²) < 4.78 is 5.24. The maximum Gasteiger partial charge on any atom is 0.236 e. The van der Waals surface area contributed by atoms with Gasteiger partial charge >= 0.3 is 0 Å². The number of ether oxygens (including phenoxy) is 1. The molecule has 30 heavy (non-hydrogen) atoms. The summed E-state index contributed by atoms with van der Waals surface area (Å²) in [6.45, 7) is 4.01. The molecule has 1 saturated heterocycles. The Balaban J connectivity index is 1.36. The highest BCUT2D eigenvalue weighted by Crippen LogP contribution is 2.35. The second kappa shape index (κ2) is 9.23. The van der Waals surface area contributed by atoms with Crippen molar-refractivity contribution >= 4 is 11.6 Å². The predicted molar refractivity (Wildman–Crippen MR) is 120 cm³/mol. The molecule has 2 aromatic rings. The van der Waals surface area contributed by atoms with Gasteiger partial charge in [-0.25, -0.2) is 0 Å². The average molecular weight is 404 g/mol. The third-order valence-corrected chi connectivity index (χ3v) is 6.24. The fourth-order valence-corrected chi connectivity index (χ4v) is 4.59. The van der Waals surface area contributed by atoms with Crippen molar-refractivity contribution in [1.29, 1.82) is 0 Å². The molecule has 4 rings (SSSR count). The van der Waals surface area contributed by atoms with E-state index in [9.17, 15) is 4.79 Å². The van der Waals surface area contributed by atoms with E-state index in [2.05, 4.69) is 52.1 Å². The zero-order valence-corrected chi connectivity index (χ0v) is 17.6. The summed E-state index contributed by atoms with van der Waals surface area (Å²) in [5, 5.41) is 0. The minimum atomic E-state index is 0.170. The molecule has 1 aliphatic carbocycles. The van der Waals surface area contributed by atoms with E-state index < -0.39 is 0 Å². The Bertz CT molecular complexity index is 911. The zero-order valence-electron chi connectivity index (χ0n) is 17.6. The molecular weight excluding hydrogens is 374 g/mol. The molecule has 0 N–H and O–H groups in total. The normalized spacial score (nSPS) is 18.2. The molecule has 0 bridgehead atoms. The van der Waals surface area contributed by atoms with Crippen LogP contribution in [0.4, 0.5) is 5.69 Å². The number of rotatable bonds is 6. The van der Waals surface area contributed by atoms with E-state index in [0.717, 1.165) is 44.8 Å². The van der Waals surface area contributed by atoms with Crippen LogP contribution in [0, 0.1) is 12.3 Å². The van der Waals surface area contributed by atoms with Gasteiger partial charge in [-0.05, 0) is 48.2 Å². The van der Waals surface area contributed by atoms with Crippen molar-refractivity contribution in [2.75, 3.05) is 51.3 Å². The number of carbonyl (C=O) groups excluding carboxylic acids is 1. The number of aryl methyl sites for hydroxylation is 1. The first kappa shape index (κ1) is 20.3. The van der Waals surface area contributed by atoms with Gasteiger partial charge in [-0.1, -0.05) is 30.2 Å². The second-order valence-corrected chi connectivity index (χ2v) is 7.93. The van der Waals surface area contributed by atoms with Crippen LogP contribution in [-0.2, 0) is 11.2 Å². The number of nitrogens with zero attached hydrogens (tertiary/aromatic N) is 3. The van der Waals surface area contributed by atoms with E-state index in [-0.39, 0.29) is 11.9 Å². The van der Waals surface area contributed by atoms with Crippen LogP contribution >= 0.6 is 0 Å². The highest BCUT2D eigenvalue weighted by molar-refractivity contribution is 5.78. The number of hydrogen-bond donors (Lipinski definition) is 0. The molecule has 0 aromatic heterocycles. The molecule has 1 heterocycles. The van der Waals surface area contributed by atoms with Gasteiger partial charge in [0.1, 0.15) is 5.75 Å². The monoisotopic (exact) mass is 403 g/mol. The number of piperazine rings is 1. The second-order valence-electron chi connectivity index (χ2n) is 7.93. The number of terminal acetylenes is 1. The van der Waals surface area contributed by atoms with Crippen LogP contribution < -0.4 is 9.64 Å². The lowest BCUT2D eigenvalue weighted by atomic mass is 10.1. The maximum absolute atomic E-state index is 13.1. The fraction of sp³-hybridized carbons (Fsp3) is 0.400. The topological polar surface area (TPSA) is 36.0 Å². The third kappa shape index (κ3) is 4.29. The van der Waals surface area contributed by atoms with Gasteiger partial charge in [0.2, 0.25) is 5.91 Å². The SMILES string of the molecule is C#CCN(CC(=O)N1CCN(c2ccc(OC)cc2)CC1)C1CCc2ccccc21. The molecule has 0 radical (unpaired) electrons. The van der Waals surface area contributed by atoms with Crippen molar-refractivity contribution in [3.8, 4) is 18.1 Å². The van der Waals surface area contributed by atoms with Crippen LogP contribution in [0.5, 0.6) is 5.75 Å². The number of methoxy groups -OCH3 is 1. The van der Waals surface area contributed by atoms with E-state index in [1.807, 2.05) is 17.0 Å². The Labute approximate surface area is 179 Å². The van der Waals surface area contributed by atoms with E-state index in [1.165, 1.54) is 16.8 Å². The lowest BCUT2D eigenvalue weighted by Gasteiger charge is -2.37. The maximum atomic E-state index is 13.1. The van der Waals surface area contributed by atoms with Crippen LogP contribution in [0.2, 0.25) is 0 Å². The minimum Gasteiger partial charge on any atom is -0.497 e. The van der Waals surface area contributed by atoms with Crippen molar-refractivity contribution in [1.82, 2.24) is 9.80 Å². The van der Waals surface area contributed by atoms with Crippen molar-refractivity contribution in [2.45, 2.75) is 18.9 Å². The number of fused-ring (bicyclic) bond motifs is 1. The van der Waals surface area contributed by atoms with Crippen LogP contribution in [0.25, 0.3) is 0 Å². The lowest BCUT2D eigenvalue weighted by molar-refractivity contribution is -0.133. The fourth-order valence-electron chi connectivity index (χ4n) is 4.59. The standard InChI is InChI=1S/C25H29N3O2/c1-3-14-28(24-13-8-20-6-4-5-7-23(20)24)19-25(29)27-17-15-26(16-18-27)21-9-11-22(30-2)12-10-21/h1,4-7,9-12,24H,8,13-19H2,2H3. The number of benzene rings is 2. The first-order valence-electron chi connectivity index (χ1n) is 10.6. The molecule has 1 unspecified atom stereocenters. The predicted octanol–water partition coefficient (Wildman–Crippen LogP) is 2.97. The van der Waals surface area contributed by atoms with E-state index in [0.29, 0.717) is 13.1 Å². The van der Waals surface area contributed by atoms with Crippen molar-refractivity contribution in [3.05, 3.63) is 59.7 Å². The summed E-state index contributed by atoms with van der Waals surface area (Å²) in [7, 11) is 1.67. The molecular formula is C25H29N3O2. The zero-order chi connectivity index (χ0) is 20.9. The van der Waals surface area contributed by atoms with Gasteiger partial charge in [-0.2, -0.15) is 0 Å². The van der Waals surface area contributed by atoms with Gasteiger partial charge in [0.15, 0.2) is 0 Å². The number of amides is 1. The molecule has 2 aliphatic rings. The molecule has 5 heteroatoms. The van der Waals surface area contributed by atoms with E-state index in [4.69, 9.17) is 11.2 Å². The third-order valence-electron chi connectivity index (χ3n) is 6.24. The molecule has 5 nitrogen and oxygen atoms in total. The number of carbonyl (C=O) groups is 1. The summed E-state index contributed by atoms with van der Waals surface area (Å²) in [6.07, 6.45) is 7.72. The van der Waals surface area contributed by atoms with E-state index in [1.54, 1.807) is 7.11 Å². The smallest absolute Gasteiger partial charge is 0.236 e. The van der Waals surface area contributed by atoms with Crippen LogP contribution in [0.3, 0.4) is 0 Å². The van der Waals surface area contributed by atoms with Gasteiger partial charge in [0.05, 0.1) is 20.2 Å². The van der Waals surface area contributed by atoms with Gasteiger partial charge in [0, 0.05) is 37.9 Å². The van der Waals surface area contributed by atoms with E-state index >= 15 is 0 Å². The molecule has 1 fully saturated rings. The lowest BCUT2D eigenvalue weighted by Crippen LogP contribution is -2.51. The van der Waals surface area contributed by atoms with Crippen molar-refractivity contribution < 1.29 is 9.53 Å². The Hall–Kier alpha value is -2.97. The van der Waals surface area contributed by atoms with Gasteiger partial charge in [-0.15, -0.1) is 6.42 Å². The van der Waals surface area contributed by atoms with Crippen molar-refractivity contribution in [3.63, 3.8) is 0 Å². The summed E-state index contributed by atoms with van der Waals surface area (Å²) >= 11 is 0. The van der Waals surface area contributed by atoms with Crippen molar-refractivity contribution in [2.24, 2.45) is 0 Å². The average Bonchev–Trinajstić information content (AvgIpc) is 3.23. The highest BCUT2D eigenvalue weighted by atomic mass is 16.5. The molecule has 1 atom stereocenters. The highest BCUT2D eigenvalue weighted by Gasteiger charge is 2.30. The summed E-state index contributed by atoms with van der Waals surface area (Å²) in [4.78, 5) is 19.5. The van der Waals surface area contributed by atoms with Gasteiger partial charge < -0.3 is 14.5 Å². The molecule has 0 spiro atoms. The van der Waals surface area contributed by atoms with Gasteiger partial charge in [0.25, 0.3) is 0 Å². The first-order valence-corrected chi connectivity index (χ1v) is 10.6. The Morgan fingerprint density at radius 3 is 2.57 bits per heavy atom. The summed E-state index contributed by atoms with van der Waals surface area (Å²) in [5.74, 6) is 3.78. The quantitative estimate of drug-likeness (QED) is 0.695. The van der Waals surface area contributed by atoms with Gasteiger partial charge in [-0.3, -0.25) is 9.69 Å². The number of anilines is 1. The van der Waals surface area contributed by atoms with Crippen LogP contribution in [-0.4, -0.2) is 62.1 Å². The first-order chi connectivity index (χ1) is 14.7. The Kier molecular flexibility index (Phi) is 6.25. The number of hydrogen-bond acceptors (Lipinski definition) is 4. The Morgan fingerprint density at radius 1 is 1.13 bits per heavy atom.